The molecule has 0 aliphatic carbocycles. The quantitative estimate of drug-likeness (QED) is 0.0795. The number of aromatic nitrogens is 3. The summed E-state index contributed by atoms with van der Waals surface area (Å²) in [7, 11) is 0. The van der Waals surface area contributed by atoms with Gasteiger partial charge in [0.05, 0.1) is 12.4 Å². The molecule has 238 valence electrons. The molecule has 10 N–H and O–H groups in total. The van der Waals surface area contributed by atoms with Crippen LogP contribution < -0.4 is 27.4 Å². The molecule has 0 bridgehead atoms. The van der Waals surface area contributed by atoms with E-state index in [1.165, 1.54) is 6.33 Å². The maximum atomic E-state index is 13.9. The number of nitrogens with one attached hydrogen (secondary N) is 5. The van der Waals surface area contributed by atoms with Crippen LogP contribution in [0.5, 0.6) is 0 Å². The predicted molar refractivity (Wildman–Crippen MR) is 169 cm³/mol. The first-order valence-corrected chi connectivity index (χ1v) is 14.9. The Morgan fingerprint density at radius 1 is 0.800 bits per heavy atom. The number of rotatable bonds is 17. The fourth-order valence-electron chi connectivity index (χ4n) is 5.09. The molecule has 13 heteroatoms. The molecule has 4 unspecified atom stereocenters. The zero-order valence-electron chi connectivity index (χ0n) is 24.9. The van der Waals surface area contributed by atoms with Gasteiger partial charge in [-0.15, -0.1) is 0 Å². The number of hydrogen-bond acceptors (Lipinski definition) is 7. The van der Waals surface area contributed by atoms with E-state index < -0.39 is 47.9 Å². The number of unbranched alkanes of at least 4 members (excludes halogenated alkanes) is 1. The first kappa shape index (κ1) is 32.9. The van der Waals surface area contributed by atoms with E-state index in [2.05, 4.69) is 30.9 Å². The van der Waals surface area contributed by atoms with Crippen molar-refractivity contribution in [2.45, 2.75) is 62.7 Å². The fraction of sp³-hybridized carbons (Fsp3) is 0.344. The summed E-state index contributed by atoms with van der Waals surface area (Å²) >= 11 is 0. The van der Waals surface area contributed by atoms with E-state index in [1.54, 1.807) is 24.5 Å². The van der Waals surface area contributed by atoms with Crippen LogP contribution in [0.25, 0.3) is 10.9 Å². The SMILES string of the molecule is NCCCCC(NC(=O)C(Cc1ccccc1)NC(=O)C(Cc1c[nH]c2ccccc12)NC(=O)C(N)Cc1cnc[nH]1)C(=O)O. The molecule has 4 aromatic rings. The van der Waals surface area contributed by atoms with Crippen LogP contribution in [-0.4, -0.2) is 74.5 Å². The Balaban J connectivity index is 1.57. The van der Waals surface area contributed by atoms with Gasteiger partial charge in [0.1, 0.15) is 18.1 Å². The summed E-state index contributed by atoms with van der Waals surface area (Å²) in [5.74, 6) is -3.01. The van der Waals surface area contributed by atoms with Gasteiger partial charge in [0.2, 0.25) is 17.7 Å². The molecular weight excluding hydrogens is 576 g/mol. The molecule has 0 aliphatic rings. The Morgan fingerprint density at radius 3 is 2.16 bits per heavy atom. The summed E-state index contributed by atoms with van der Waals surface area (Å²) in [6, 6.07) is 12.3. The molecular formula is C32H40N8O5. The molecule has 4 rings (SSSR count). The molecule has 2 aromatic heterocycles. The van der Waals surface area contributed by atoms with Crippen molar-refractivity contribution in [2.24, 2.45) is 11.5 Å². The number of H-pyrrole nitrogens is 2. The van der Waals surface area contributed by atoms with Crippen molar-refractivity contribution in [3.05, 3.63) is 90.1 Å². The number of benzene rings is 2. The van der Waals surface area contributed by atoms with Crippen molar-refractivity contribution in [3.63, 3.8) is 0 Å². The lowest BCUT2D eigenvalue weighted by molar-refractivity contribution is -0.142. The molecule has 2 aromatic carbocycles. The smallest absolute Gasteiger partial charge is 0.326 e. The summed E-state index contributed by atoms with van der Waals surface area (Å²) in [6.07, 6.45) is 6.52. The highest BCUT2D eigenvalue weighted by molar-refractivity contribution is 5.95. The maximum Gasteiger partial charge on any atom is 0.326 e. The molecule has 0 radical (unpaired) electrons. The average Bonchev–Trinajstić information content (AvgIpc) is 3.70. The van der Waals surface area contributed by atoms with Gasteiger partial charge in [-0.2, -0.15) is 0 Å². The number of carbonyl (C=O) groups is 4. The molecule has 2 heterocycles. The van der Waals surface area contributed by atoms with Crippen LogP contribution in [0.15, 0.2) is 73.3 Å². The van der Waals surface area contributed by atoms with Crippen molar-refractivity contribution >= 4 is 34.6 Å². The average molecular weight is 617 g/mol. The lowest BCUT2D eigenvalue weighted by Gasteiger charge is -2.25. The van der Waals surface area contributed by atoms with Gasteiger partial charge in [-0.05, 0) is 43.0 Å². The summed E-state index contributed by atoms with van der Waals surface area (Å²) in [4.78, 5) is 62.6. The van der Waals surface area contributed by atoms with Gasteiger partial charge in [-0.1, -0.05) is 48.5 Å². The largest absolute Gasteiger partial charge is 0.480 e. The number of para-hydroxylation sites is 1. The number of hydrogen-bond donors (Lipinski definition) is 8. The number of carboxylic acid groups (broad SMARTS) is 1. The van der Waals surface area contributed by atoms with Gasteiger partial charge in [0.25, 0.3) is 0 Å². The maximum absolute atomic E-state index is 13.9. The Hall–Kier alpha value is -5.01. The normalized spacial score (nSPS) is 13.8. The number of aliphatic carboxylic acids is 1. The number of nitrogens with zero attached hydrogens (tertiary/aromatic N) is 1. The Morgan fingerprint density at radius 2 is 1.47 bits per heavy atom. The number of imidazole rings is 1. The van der Waals surface area contributed by atoms with Crippen molar-refractivity contribution in [2.75, 3.05) is 6.54 Å². The molecule has 3 amide bonds. The van der Waals surface area contributed by atoms with Crippen LogP contribution in [0.2, 0.25) is 0 Å². The van der Waals surface area contributed by atoms with Crippen molar-refractivity contribution in [3.8, 4) is 0 Å². The van der Waals surface area contributed by atoms with E-state index in [0.29, 0.717) is 25.1 Å². The third kappa shape index (κ3) is 9.49. The van der Waals surface area contributed by atoms with Crippen LogP contribution >= 0.6 is 0 Å². The van der Waals surface area contributed by atoms with Crippen LogP contribution in [-0.2, 0) is 38.4 Å². The van der Waals surface area contributed by atoms with E-state index in [0.717, 1.165) is 22.0 Å². The highest BCUT2D eigenvalue weighted by atomic mass is 16.4. The molecule has 0 saturated heterocycles. The van der Waals surface area contributed by atoms with Crippen LogP contribution in [0, 0.1) is 0 Å². The Labute approximate surface area is 260 Å². The number of fused-ring (bicyclic) bond motifs is 1. The van der Waals surface area contributed by atoms with Gasteiger partial charge in [-0.25, -0.2) is 9.78 Å². The molecule has 4 atom stereocenters. The minimum Gasteiger partial charge on any atom is -0.480 e. The van der Waals surface area contributed by atoms with E-state index in [1.807, 2.05) is 42.5 Å². The monoisotopic (exact) mass is 616 g/mol. The van der Waals surface area contributed by atoms with Crippen molar-refractivity contribution < 1.29 is 24.3 Å². The zero-order valence-corrected chi connectivity index (χ0v) is 24.9. The number of aromatic amines is 2. The van der Waals surface area contributed by atoms with Gasteiger partial charge in [-0.3, -0.25) is 14.4 Å². The van der Waals surface area contributed by atoms with Gasteiger partial charge < -0.3 is 42.5 Å². The molecule has 45 heavy (non-hydrogen) atoms. The number of amides is 3. The molecule has 0 saturated carbocycles. The first-order chi connectivity index (χ1) is 21.7. The summed E-state index contributed by atoms with van der Waals surface area (Å²) in [5, 5.41) is 18.7. The molecule has 0 fully saturated rings. The lowest BCUT2D eigenvalue weighted by atomic mass is 10.0. The predicted octanol–water partition coefficient (Wildman–Crippen LogP) is 0.914. The fourth-order valence-corrected chi connectivity index (χ4v) is 5.09. The third-order valence-electron chi connectivity index (χ3n) is 7.54. The summed E-state index contributed by atoms with van der Waals surface area (Å²) in [5.41, 5.74) is 14.8. The standard InChI is InChI=1S/C32H40N8O5/c33-13-7-6-12-26(32(44)45)38-30(42)27(14-20-8-2-1-3-9-20)40-31(43)28(15-21-17-36-25-11-5-4-10-23(21)25)39-29(41)24(34)16-22-18-35-19-37-22/h1-5,8-11,17-19,24,26-28,36H,6-7,12-16,33-34H2,(H,35,37)(H,38,42)(H,39,41)(H,40,43)(H,44,45). The number of carbonyl (C=O) groups excluding carboxylic acids is 3. The minimum absolute atomic E-state index is 0.0979. The molecule has 13 nitrogen and oxygen atoms in total. The van der Waals surface area contributed by atoms with Gasteiger partial charge in [0, 0.05) is 48.3 Å². The second kappa shape index (κ2) is 16.2. The van der Waals surface area contributed by atoms with E-state index in [4.69, 9.17) is 11.5 Å². The highest BCUT2D eigenvalue weighted by Crippen LogP contribution is 2.19. The minimum atomic E-state index is -1.18. The summed E-state index contributed by atoms with van der Waals surface area (Å²) < 4.78 is 0. The van der Waals surface area contributed by atoms with E-state index >= 15 is 0 Å². The lowest BCUT2D eigenvalue weighted by Crippen LogP contribution is -2.58. The Bertz CT molecular complexity index is 1560. The second-order valence-corrected chi connectivity index (χ2v) is 10.9. The second-order valence-electron chi connectivity index (χ2n) is 10.9. The van der Waals surface area contributed by atoms with E-state index in [9.17, 15) is 24.3 Å². The van der Waals surface area contributed by atoms with Crippen LogP contribution in [0.3, 0.4) is 0 Å². The van der Waals surface area contributed by atoms with Gasteiger partial charge >= 0.3 is 5.97 Å². The topological polar surface area (TPSA) is 221 Å². The Kier molecular flexibility index (Phi) is 11.8. The molecule has 0 spiro atoms. The van der Waals surface area contributed by atoms with Crippen molar-refractivity contribution in [1.82, 2.24) is 30.9 Å². The van der Waals surface area contributed by atoms with Crippen molar-refractivity contribution in [1.29, 1.82) is 0 Å². The third-order valence-corrected chi connectivity index (χ3v) is 7.54. The van der Waals surface area contributed by atoms with E-state index in [-0.39, 0.29) is 25.7 Å². The highest BCUT2D eigenvalue weighted by Gasteiger charge is 2.31. The van der Waals surface area contributed by atoms with Crippen LogP contribution in [0.1, 0.15) is 36.1 Å². The first-order valence-electron chi connectivity index (χ1n) is 14.9. The van der Waals surface area contributed by atoms with Crippen LogP contribution in [0.4, 0.5) is 0 Å². The summed E-state index contributed by atoms with van der Waals surface area (Å²) in [6.45, 7) is 0.405. The number of nitrogens with two attached hydrogens (primary N) is 2. The zero-order chi connectivity index (χ0) is 32.2. The molecule has 0 aliphatic heterocycles. The van der Waals surface area contributed by atoms with Gasteiger partial charge in [0.15, 0.2) is 0 Å². The number of carboxylic acids is 1.